The monoisotopic (exact) mass is 315 g/mol. The molecule has 0 aromatic heterocycles. The Morgan fingerprint density at radius 3 is 3.09 bits per heavy atom. The quantitative estimate of drug-likeness (QED) is 0.625. The van der Waals surface area contributed by atoms with E-state index in [1.807, 2.05) is 12.1 Å². The Labute approximate surface area is 135 Å². The first-order valence-electron chi connectivity index (χ1n) is 8.30. The van der Waals surface area contributed by atoms with Crippen molar-refractivity contribution in [2.24, 2.45) is 5.92 Å². The van der Waals surface area contributed by atoms with Gasteiger partial charge in [-0.3, -0.25) is 0 Å². The Kier molecular flexibility index (Phi) is 2.71. The molecule has 5 rings (SSSR count). The van der Waals surface area contributed by atoms with E-state index < -0.39 is 6.10 Å². The molecule has 5 heteroatoms. The Morgan fingerprint density at radius 1 is 1.39 bits per heavy atom. The molecular formula is C18H21NO4. The lowest BCUT2D eigenvalue weighted by molar-refractivity contribution is -0.0456. The van der Waals surface area contributed by atoms with Crippen molar-refractivity contribution in [1.29, 1.82) is 0 Å². The summed E-state index contributed by atoms with van der Waals surface area (Å²) in [5, 5.41) is 19.7. The lowest BCUT2D eigenvalue weighted by Gasteiger charge is -2.56. The van der Waals surface area contributed by atoms with E-state index in [9.17, 15) is 5.11 Å². The number of likely N-dealkylation sites (tertiary alicyclic amines) is 1. The summed E-state index contributed by atoms with van der Waals surface area (Å²) in [5.74, 6) is 1.67. The second kappa shape index (κ2) is 4.50. The summed E-state index contributed by atoms with van der Waals surface area (Å²) in [5.41, 5.74) is 2.34. The number of aliphatic hydroxyl groups is 2. The molecule has 1 aromatic rings. The molecule has 1 saturated heterocycles. The average molecular weight is 315 g/mol. The molecule has 1 fully saturated rings. The molecule has 2 aliphatic carbocycles. The van der Waals surface area contributed by atoms with Crippen LogP contribution in [0.4, 0.5) is 0 Å². The minimum absolute atomic E-state index is 0.164. The zero-order chi connectivity index (χ0) is 15.8. The van der Waals surface area contributed by atoms with Gasteiger partial charge in [0.15, 0.2) is 18.3 Å². The van der Waals surface area contributed by atoms with E-state index in [0.29, 0.717) is 17.7 Å². The molecule has 0 unspecified atom stereocenters. The second-order valence-corrected chi connectivity index (χ2v) is 7.18. The standard InChI is InChI=1S/C18H21NO4/c1-19-7-6-18-11-3-4-13(21)17(18)23-16-14(22-9-20)5-2-10(15(16)18)8-12(11)19/h2-5,11-13,17,20-21H,6-9H2,1H3/t11-,12+,13-,17-,18-/m0/s1. The minimum Gasteiger partial charge on any atom is -0.482 e. The Hall–Kier alpha value is -1.56. The number of likely N-dealkylation sites (N-methyl/N-ethyl adjacent to an activating group) is 1. The van der Waals surface area contributed by atoms with Gasteiger partial charge in [-0.1, -0.05) is 18.2 Å². The van der Waals surface area contributed by atoms with E-state index in [-0.39, 0.29) is 18.3 Å². The molecule has 0 amide bonds. The predicted octanol–water partition coefficient (Wildman–Crippen LogP) is 0.821. The Bertz CT molecular complexity index is 703. The summed E-state index contributed by atoms with van der Waals surface area (Å²) < 4.78 is 11.6. The van der Waals surface area contributed by atoms with Gasteiger partial charge >= 0.3 is 0 Å². The van der Waals surface area contributed by atoms with E-state index in [1.165, 1.54) is 11.1 Å². The van der Waals surface area contributed by atoms with Gasteiger partial charge in [0.1, 0.15) is 12.2 Å². The normalized spacial score (nSPS) is 39.8. The average Bonchev–Trinajstić information content (AvgIpc) is 2.90. The molecule has 0 radical (unpaired) electrons. The fourth-order valence-electron chi connectivity index (χ4n) is 5.41. The number of rotatable bonds is 2. The molecule has 1 aromatic carbocycles. The van der Waals surface area contributed by atoms with Crippen molar-refractivity contribution in [3.8, 4) is 11.5 Å². The summed E-state index contributed by atoms with van der Waals surface area (Å²) in [7, 11) is 2.19. The maximum Gasteiger partial charge on any atom is 0.186 e. The largest absolute Gasteiger partial charge is 0.482 e. The minimum atomic E-state index is -0.601. The summed E-state index contributed by atoms with van der Waals surface area (Å²) in [6.45, 7) is 0.633. The van der Waals surface area contributed by atoms with Gasteiger partial charge in [0, 0.05) is 22.9 Å². The smallest absolute Gasteiger partial charge is 0.186 e. The van der Waals surface area contributed by atoms with Crippen LogP contribution in [0.5, 0.6) is 11.5 Å². The van der Waals surface area contributed by atoms with Gasteiger partial charge in [0.05, 0.1) is 0 Å². The molecule has 23 heavy (non-hydrogen) atoms. The van der Waals surface area contributed by atoms with Crippen molar-refractivity contribution < 1.29 is 19.7 Å². The van der Waals surface area contributed by atoms with E-state index >= 15 is 0 Å². The third-order valence-electron chi connectivity index (χ3n) is 6.35. The maximum absolute atomic E-state index is 10.6. The second-order valence-electron chi connectivity index (χ2n) is 7.18. The molecule has 2 N–H and O–H groups in total. The highest BCUT2D eigenvalue weighted by Crippen LogP contribution is 2.62. The van der Waals surface area contributed by atoms with E-state index in [4.69, 9.17) is 14.6 Å². The SMILES string of the molecule is CN1CC[C@]23c4c5ccc(OCO)c4O[C@H]2[C@@H](O)C=C[C@H]3[C@H]1C5. The van der Waals surface area contributed by atoms with Crippen LogP contribution in [0.25, 0.3) is 0 Å². The van der Waals surface area contributed by atoms with E-state index in [2.05, 4.69) is 24.1 Å². The lowest BCUT2D eigenvalue weighted by atomic mass is 9.53. The Balaban J connectivity index is 1.78. The van der Waals surface area contributed by atoms with Gasteiger partial charge in [-0.15, -0.1) is 0 Å². The maximum atomic E-state index is 10.6. The highest BCUT2D eigenvalue weighted by Gasteiger charge is 2.64. The number of benzene rings is 1. The van der Waals surface area contributed by atoms with Crippen LogP contribution in [0.15, 0.2) is 24.3 Å². The highest BCUT2D eigenvalue weighted by molar-refractivity contribution is 5.62. The van der Waals surface area contributed by atoms with Crippen molar-refractivity contribution >= 4 is 0 Å². The number of ether oxygens (including phenoxy) is 2. The van der Waals surface area contributed by atoms with Crippen LogP contribution in [-0.4, -0.2) is 53.7 Å². The first-order valence-corrected chi connectivity index (χ1v) is 8.30. The zero-order valence-corrected chi connectivity index (χ0v) is 13.1. The number of hydrogen-bond donors (Lipinski definition) is 2. The van der Waals surface area contributed by atoms with Crippen molar-refractivity contribution in [2.75, 3.05) is 20.4 Å². The number of aliphatic hydroxyl groups excluding tert-OH is 2. The highest BCUT2D eigenvalue weighted by atomic mass is 16.6. The molecule has 5 atom stereocenters. The fourth-order valence-corrected chi connectivity index (χ4v) is 5.41. The van der Waals surface area contributed by atoms with Gasteiger partial charge in [-0.25, -0.2) is 0 Å². The molecule has 1 spiro atoms. The zero-order valence-electron chi connectivity index (χ0n) is 13.1. The summed E-state index contributed by atoms with van der Waals surface area (Å²) >= 11 is 0. The lowest BCUT2D eigenvalue weighted by Crippen LogP contribution is -2.64. The van der Waals surface area contributed by atoms with Crippen LogP contribution < -0.4 is 9.47 Å². The van der Waals surface area contributed by atoms with Crippen molar-refractivity contribution in [3.05, 3.63) is 35.4 Å². The van der Waals surface area contributed by atoms with E-state index in [0.717, 1.165) is 25.1 Å². The van der Waals surface area contributed by atoms with Crippen molar-refractivity contribution in [3.63, 3.8) is 0 Å². The summed E-state index contributed by atoms with van der Waals surface area (Å²) in [6.07, 6.45) is 5.19. The van der Waals surface area contributed by atoms with Gasteiger partial charge in [-0.2, -0.15) is 0 Å². The molecule has 2 aliphatic heterocycles. The number of nitrogens with zero attached hydrogens (tertiary/aromatic N) is 1. The third kappa shape index (κ3) is 1.53. The first kappa shape index (κ1) is 13.8. The third-order valence-corrected chi connectivity index (χ3v) is 6.35. The molecule has 122 valence electrons. The summed E-state index contributed by atoms with van der Waals surface area (Å²) in [4.78, 5) is 2.44. The van der Waals surface area contributed by atoms with Crippen LogP contribution in [0.1, 0.15) is 17.5 Å². The predicted molar refractivity (Wildman–Crippen MR) is 83.6 cm³/mol. The topological polar surface area (TPSA) is 62.2 Å². The van der Waals surface area contributed by atoms with Gasteiger partial charge < -0.3 is 24.6 Å². The van der Waals surface area contributed by atoms with Crippen molar-refractivity contribution in [2.45, 2.75) is 36.5 Å². The first-order chi connectivity index (χ1) is 11.2. The van der Waals surface area contributed by atoms with Crippen LogP contribution in [0, 0.1) is 5.92 Å². The van der Waals surface area contributed by atoms with Gasteiger partial charge in [0.2, 0.25) is 0 Å². The van der Waals surface area contributed by atoms with Gasteiger partial charge in [0.25, 0.3) is 0 Å². The number of hydrogen-bond acceptors (Lipinski definition) is 5. The summed E-state index contributed by atoms with van der Waals surface area (Å²) in [6, 6.07) is 4.43. The molecular weight excluding hydrogens is 294 g/mol. The van der Waals surface area contributed by atoms with Crippen LogP contribution in [0.2, 0.25) is 0 Å². The van der Waals surface area contributed by atoms with Crippen LogP contribution in [-0.2, 0) is 11.8 Å². The molecule has 0 saturated carbocycles. The van der Waals surface area contributed by atoms with Crippen LogP contribution >= 0.6 is 0 Å². The molecule has 2 bridgehead atoms. The van der Waals surface area contributed by atoms with Gasteiger partial charge in [-0.05, 0) is 38.1 Å². The fraction of sp³-hybridized carbons (Fsp3) is 0.556. The van der Waals surface area contributed by atoms with Crippen LogP contribution in [0.3, 0.4) is 0 Å². The Morgan fingerprint density at radius 2 is 2.26 bits per heavy atom. The molecule has 2 heterocycles. The van der Waals surface area contributed by atoms with E-state index in [1.54, 1.807) is 0 Å². The van der Waals surface area contributed by atoms with Crippen molar-refractivity contribution in [1.82, 2.24) is 4.90 Å². The molecule has 4 aliphatic rings. The number of piperidine rings is 1. The molecule has 5 nitrogen and oxygen atoms in total.